The third-order valence-electron chi connectivity index (χ3n) is 4.44. The van der Waals surface area contributed by atoms with Crippen LogP contribution in [0, 0.1) is 0 Å². The van der Waals surface area contributed by atoms with Gasteiger partial charge in [-0.1, -0.05) is 12.1 Å². The summed E-state index contributed by atoms with van der Waals surface area (Å²) in [5.41, 5.74) is 4.11. The topological polar surface area (TPSA) is 88.4 Å². The van der Waals surface area contributed by atoms with Gasteiger partial charge in [0.05, 0.1) is 29.5 Å². The number of rotatable bonds is 3. The van der Waals surface area contributed by atoms with Crippen molar-refractivity contribution < 1.29 is 9.59 Å². The largest absolute Gasteiger partial charge is 0.345 e. The Balaban J connectivity index is 1.54. The Labute approximate surface area is 144 Å². The van der Waals surface area contributed by atoms with Crippen molar-refractivity contribution in [2.24, 2.45) is 0 Å². The molecule has 2 aromatic heterocycles. The number of anilines is 1. The lowest BCUT2D eigenvalue weighted by atomic mass is 9.97. The van der Waals surface area contributed by atoms with E-state index in [1.54, 1.807) is 29.3 Å². The van der Waals surface area contributed by atoms with E-state index in [9.17, 15) is 9.59 Å². The number of nitrogens with zero attached hydrogens (tertiary/aromatic N) is 3. The van der Waals surface area contributed by atoms with Crippen molar-refractivity contribution in [1.29, 1.82) is 0 Å². The summed E-state index contributed by atoms with van der Waals surface area (Å²) >= 11 is 0. The molecule has 0 aliphatic carbocycles. The van der Waals surface area contributed by atoms with Gasteiger partial charge in [0.25, 0.3) is 5.91 Å². The predicted molar refractivity (Wildman–Crippen MR) is 92.3 cm³/mol. The smallest absolute Gasteiger partial charge is 0.255 e. The molecule has 2 N–H and O–H groups in total. The molecule has 0 saturated heterocycles. The highest BCUT2D eigenvalue weighted by Crippen LogP contribution is 2.26. The van der Waals surface area contributed by atoms with Crippen LogP contribution >= 0.6 is 0 Å². The van der Waals surface area contributed by atoms with E-state index in [1.165, 1.54) is 0 Å². The molecule has 0 bridgehead atoms. The minimum Gasteiger partial charge on any atom is -0.345 e. The molecule has 3 aromatic rings. The SMILES string of the molecule is C[C@@H](NC(=O)c1cnn2ccncc12)c1ccc2c(c1)CCC(=O)N2. The summed E-state index contributed by atoms with van der Waals surface area (Å²) in [6, 6.07) is 5.69. The number of aromatic nitrogens is 3. The summed E-state index contributed by atoms with van der Waals surface area (Å²) in [5.74, 6) is -0.148. The monoisotopic (exact) mass is 335 g/mol. The molecular formula is C18H17N5O2. The van der Waals surface area contributed by atoms with Gasteiger partial charge in [0, 0.05) is 24.5 Å². The van der Waals surface area contributed by atoms with E-state index in [0.717, 1.165) is 23.2 Å². The van der Waals surface area contributed by atoms with Gasteiger partial charge in [-0.25, -0.2) is 4.52 Å². The number of nitrogens with one attached hydrogen (secondary N) is 2. The van der Waals surface area contributed by atoms with Gasteiger partial charge >= 0.3 is 0 Å². The maximum atomic E-state index is 12.6. The second-order valence-electron chi connectivity index (χ2n) is 6.12. The molecule has 0 fully saturated rings. The van der Waals surface area contributed by atoms with Crippen LogP contribution in [0.1, 0.15) is 40.9 Å². The van der Waals surface area contributed by atoms with Crippen molar-refractivity contribution in [3.8, 4) is 0 Å². The van der Waals surface area contributed by atoms with Gasteiger partial charge in [0.15, 0.2) is 0 Å². The van der Waals surface area contributed by atoms with Crippen LogP contribution in [0.15, 0.2) is 43.0 Å². The van der Waals surface area contributed by atoms with Crippen LogP contribution < -0.4 is 10.6 Å². The summed E-state index contributed by atoms with van der Waals surface area (Å²) in [7, 11) is 0. The van der Waals surface area contributed by atoms with Crippen LogP contribution in [-0.4, -0.2) is 26.4 Å². The molecule has 7 nitrogen and oxygen atoms in total. The van der Waals surface area contributed by atoms with Gasteiger partial charge in [-0.05, 0) is 30.5 Å². The third kappa shape index (κ3) is 2.84. The van der Waals surface area contributed by atoms with Crippen molar-refractivity contribution >= 4 is 23.0 Å². The molecule has 1 aliphatic rings. The molecule has 0 radical (unpaired) electrons. The zero-order valence-corrected chi connectivity index (χ0v) is 13.7. The van der Waals surface area contributed by atoms with Crippen LogP contribution in [0.5, 0.6) is 0 Å². The first-order valence-electron chi connectivity index (χ1n) is 8.13. The Morgan fingerprint density at radius 2 is 2.20 bits per heavy atom. The molecule has 1 atom stereocenters. The number of carbonyl (C=O) groups excluding carboxylic acids is 2. The van der Waals surface area contributed by atoms with E-state index < -0.39 is 0 Å². The number of benzene rings is 1. The number of fused-ring (bicyclic) bond motifs is 2. The van der Waals surface area contributed by atoms with Crippen molar-refractivity contribution in [2.75, 3.05) is 5.32 Å². The lowest BCUT2D eigenvalue weighted by Crippen LogP contribution is -2.27. The maximum Gasteiger partial charge on any atom is 0.255 e. The van der Waals surface area contributed by atoms with Crippen LogP contribution in [0.4, 0.5) is 5.69 Å². The molecule has 3 heterocycles. The van der Waals surface area contributed by atoms with E-state index in [1.807, 2.05) is 25.1 Å². The Morgan fingerprint density at radius 1 is 1.32 bits per heavy atom. The number of carbonyl (C=O) groups is 2. The van der Waals surface area contributed by atoms with E-state index in [2.05, 4.69) is 20.7 Å². The first-order chi connectivity index (χ1) is 12.1. The van der Waals surface area contributed by atoms with E-state index in [-0.39, 0.29) is 17.9 Å². The fourth-order valence-electron chi connectivity index (χ4n) is 3.04. The third-order valence-corrected chi connectivity index (χ3v) is 4.44. The molecule has 0 spiro atoms. The second kappa shape index (κ2) is 6.01. The molecule has 7 heteroatoms. The van der Waals surface area contributed by atoms with Gasteiger partial charge in [-0.2, -0.15) is 5.10 Å². The second-order valence-corrected chi connectivity index (χ2v) is 6.12. The molecule has 25 heavy (non-hydrogen) atoms. The quantitative estimate of drug-likeness (QED) is 0.767. The molecule has 2 amide bonds. The Kier molecular flexibility index (Phi) is 3.68. The Morgan fingerprint density at radius 3 is 3.08 bits per heavy atom. The molecule has 0 unspecified atom stereocenters. The molecule has 0 saturated carbocycles. The molecular weight excluding hydrogens is 318 g/mol. The summed E-state index contributed by atoms with van der Waals surface area (Å²) < 4.78 is 1.62. The molecule has 126 valence electrons. The number of hydrogen-bond donors (Lipinski definition) is 2. The molecule has 1 aromatic carbocycles. The van der Waals surface area contributed by atoms with E-state index in [0.29, 0.717) is 17.5 Å². The highest BCUT2D eigenvalue weighted by Gasteiger charge is 2.19. The van der Waals surface area contributed by atoms with Gasteiger partial charge in [-0.15, -0.1) is 0 Å². The number of aryl methyl sites for hydroxylation is 1. The average molecular weight is 335 g/mol. The fourth-order valence-corrected chi connectivity index (χ4v) is 3.04. The first kappa shape index (κ1) is 15.3. The molecule has 1 aliphatic heterocycles. The summed E-state index contributed by atoms with van der Waals surface area (Å²) in [6.45, 7) is 1.94. The summed E-state index contributed by atoms with van der Waals surface area (Å²) in [6.07, 6.45) is 7.70. The van der Waals surface area contributed by atoms with Crippen molar-refractivity contribution in [2.45, 2.75) is 25.8 Å². The lowest BCUT2D eigenvalue weighted by Gasteiger charge is -2.20. The highest BCUT2D eigenvalue weighted by atomic mass is 16.2. The normalized spacial score (nSPS) is 14.7. The van der Waals surface area contributed by atoms with Crippen molar-refractivity contribution in [3.05, 3.63) is 59.7 Å². The van der Waals surface area contributed by atoms with Gasteiger partial charge in [0.2, 0.25) is 5.91 Å². The average Bonchev–Trinajstić information content (AvgIpc) is 3.05. The molecule has 4 rings (SSSR count). The highest BCUT2D eigenvalue weighted by molar-refractivity contribution is 6.00. The minimum absolute atomic E-state index is 0.0447. The van der Waals surface area contributed by atoms with Crippen LogP contribution in [0.2, 0.25) is 0 Å². The first-order valence-corrected chi connectivity index (χ1v) is 8.13. The van der Waals surface area contributed by atoms with E-state index >= 15 is 0 Å². The zero-order chi connectivity index (χ0) is 17.4. The van der Waals surface area contributed by atoms with Crippen LogP contribution in [-0.2, 0) is 11.2 Å². The fraction of sp³-hybridized carbons (Fsp3) is 0.222. The Bertz CT molecular complexity index is 979. The van der Waals surface area contributed by atoms with Gasteiger partial charge < -0.3 is 10.6 Å². The van der Waals surface area contributed by atoms with Crippen LogP contribution in [0.25, 0.3) is 5.52 Å². The van der Waals surface area contributed by atoms with Crippen molar-refractivity contribution in [1.82, 2.24) is 19.9 Å². The lowest BCUT2D eigenvalue weighted by molar-refractivity contribution is -0.116. The zero-order valence-electron chi connectivity index (χ0n) is 13.7. The van der Waals surface area contributed by atoms with Gasteiger partial charge in [-0.3, -0.25) is 14.6 Å². The predicted octanol–water partition coefficient (Wildman–Crippen LogP) is 2.10. The number of amides is 2. The minimum atomic E-state index is -0.193. The van der Waals surface area contributed by atoms with Gasteiger partial charge in [0.1, 0.15) is 0 Å². The standard InChI is InChI=1S/C18H17N5O2/c1-11(12-2-4-15-13(8-12)3-5-17(24)22-15)21-18(25)14-9-20-23-7-6-19-10-16(14)23/h2,4,6-11H,3,5H2,1H3,(H,21,25)(H,22,24)/t11-/m1/s1. The van der Waals surface area contributed by atoms with Crippen LogP contribution in [0.3, 0.4) is 0 Å². The van der Waals surface area contributed by atoms with Crippen molar-refractivity contribution in [3.63, 3.8) is 0 Å². The summed E-state index contributed by atoms with van der Waals surface area (Å²) in [5, 5.41) is 10.0. The maximum absolute atomic E-state index is 12.6. The Hall–Kier alpha value is -3.22. The van der Waals surface area contributed by atoms with E-state index in [4.69, 9.17) is 0 Å². The summed E-state index contributed by atoms with van der Waals surface area (Å²) in [4.78, 5) is 28.1. The number of hydrogen-bond acceptors (Lipinski definition) is 4.